The van der Waals surface area contributed by atoms with Crippen LogP contribution in [0.25, 0.3) is 11.4 Å². The largest absolute Gasteiger partial charge is 0.458 e. The third-order valence-electron chi connectivity index (χ3n) is 5.77. The number of ether oxygens (including phenoxy) is 2. The lowest BCUT2D eigenvalue weighted by molar-refractivity contribution is -0.342. The first-order valence-corrected chi connectivity index (χ1v) is 13.1. The minimum atomic E-state index is -5.57. The molecule has 2 amide bonds. The zero-order valence-electron chi connectivity index (χ0n) is 22.2. The number of fused-ring (bicyclic) bond motifs is 1. The van der Waals surface area contributed by atoms with E-state index >= 15 is 4.39 Å². The number of nitrogens with zero attached hydrogens (tertiary/aromatic N) is 3. The molecule has 1 aliphatic heterocycles. The number of halogens is 5. The summed E-state index contributed by atoms with van der Waals surface area (Å²) in [5.74, 6) is -8.21. The predicted octanol–water partition coefficient (Wildman–Crippen LogP) is 5.74. The maximum atomic E-state index is 15.3. The van der Waals surface area contributed by atoms with Gasteiger partial charge in [-0.2, -0.15) is 22.5 Å². The quantitative estimate of drug-likeness (QED) is 0.357. The molecule has 0 saturated heterocycles. The molecule has 4 rings (SSSR count). The summed E-state index contributed by atoms with van der Waals surface area (Å²) in [6.45, 7) is 4.98. The molecule has 1 aliphatic rings. The van der Waals surface area contributed by atoms with Crippen molar-refractivity contribution in [3.63, 3.8) is 0 Å². The first kappa shape index (κ1) is 30.2. The van der Waals surface area contributed by atoms with E-state index < -0.39 is 58.8 Å². The fourth-order valence-corrected chi connectivity index (χ4v) is 4.94. The Balaban J connectivity index is 1.76. The van der Waals surface area contributed by atoms with Crippen LogP contribution < -0.4 is 10.2 Å². The van der Waals surface area contributed by atoms with Gasteiger partial charge in [-0.1, -0.05) is 35.5 Å². The van der Waals surface area contributed by atoms with Crippen LogP contribution in [-0.4, -0.2) is 52.8 Å². The Morgan fingerprint density at radius 3 is 2.46 bits per heavy atom. The Bertz CT molecular complexity index is 1430. The molecule has 0 fully saturated rings. The van der Waals surface area contributed by atoms with Gasteiger partial charge in [0.2, 0.25) is 5.82 Å². The van der Waals surface area contributed by atoms with Crippen LogP contribution in [0.1, 0.15) is 32.2 Å². The van der Waals surface area contributed by atoms with Gasteiger partial charge in [0.15, 0.2) is 0 Å². The van der Waals surface area contributed by atoms with Gasteiger partial charge in [-0.3, -0.25) is 4.79 Å². The summed E-state index contributed by atoms with van der Waals surface area (Å²) in [4.78, 5) is 31.2. The molecule has 1 N–H and O–H groups in total. The number of carbonyl (C=O) groups excluding carboxylic acids is 2. The smallest absolute Gasteiger partial charge is 0.444 e. The highest BCUT2D eigenvalue weighted by molar-refractivity contribution is 7.99. The van der Waals surface area contributed by atoms with E-state index in [9.17, 15) is 27.2 Å². The molecule has 1 aromatic heterocycles. The second-order valence-corrected chi connectivity index (χ2v) is 11.0. The molecule has 1 unspecified atom stereocenters. The van der Waals surface area contributed by atoms with Gasteiger partial charge in [-0.25, -0.2) is 9.18 Å². The zero-order chi connectivity index (χ0) is 30.2. The van der Waals surface area contributed by atoms with Crippen molar-refractivity contribution < 1.29 is 45.5 Å². The molecule has 0 spiro atoms. The Labute approximate surface area is 235 Å². The number of aromatic nitrogens is 2. The van der Waals surface area contributed by atoms with Crippen LogP contribution in [0.5, 0.6) is 0 Å². The molecular weight excluding hydrogens is 575 g/mol. The predicted molar refractivity (Wildman–Crippen MR) is 137 cm³/mol. The van der Waals surface area contributed by atoms with Gasteiger partial charge in [0, 0.05) is 17.8 Å². The summed E-state index contributed by atoms with van der Waals surface area (Å²) in [6, 6.07) is 9.91. The molecule has 0 bridgehead atoms. The van der Waals surface area contributed by atoms with E-state index in [0.717, 1.165) is 23.9 Å². The van der Waals surface area contributed by atoms with E-state index in [1.54, 1.807) is 51.1 Å². The summed E-state index contributed by atoms with van der Waals surface area (Å²) in [5, 5.41) is 5.88. The Kier molecular flexibility index (Phi) is 8.32. The third-order valence-corrected chi connectivity index (χ3v) is 6.91. The van der Waals surface area contributed by atoms with E-state index in [0.29, 0.717) is 17.6 Å². The highest BCUT2D eigenvalue weighted by Gasteiger charge is 2.63. The van der Waals surface area contributed by atoms with E-state index in [1.807, 2.05) is 0 Å². The number of rotatable bonds is 6. The fraction of sp³-hybridized carbons (Fsp3) is 0.385. The molecule has 0 aliphatic carbocycles. The normalized spacial score (nSPS) is 17.4. The first-order chi connectivity index (χ1) is 19.1. The van der Waals surface area contributed by atoms with Crippen LogP contribution in [0.15, 0.2) is 51.9 Å². The van der Waals surface area contributed by atoms with Gasteiger partial charge in [0.1, 0.15) is 17.5 Å². The molecule has 41 heavy (non-hydrogen) atoms. The Morgan fingerprint density at radius 1 is 1.17 bits per heavy atom. The Morgan fingerprint density at radius 2 is 1.85 bits per heavy atom. The van der Waals surface area contributed by atoms with Gasteiger partial charge in [0.05, 0.1) is 17.8 Å². The molecule has 220 valence electrons. The average molecular weight is 601 g/mol. The summed E-state index contributed by atoms with van der Waals surface area (Å²) < 4.78 is 83.4. The van der Waals surface area contributed by atoms with Crippen molar-refractivity contribution in [3.8, 4) is 11.4 Å². The van der Waals surface area contributed by atoms with Gasteiger partial charge >= 0.3 is 24.0 Å². The molecule has 2 atom stereocenters. The van der Waals surface area contributed by atoms with Crippen molar-refractivity contribution in [1.82, 2.24) is 15.5 Å². The third kappa shape index (κ3) is 6.45. The molecule has 0 saturated carbocycles. The molecule has 0 radical (unpaired) electrons. The van der Waals surface area contributed by atoms with Crippen LogP contribution in [0.4, 0.5) is 32.4 Å². The van der Waals surface area contributed by atoms with Gasteiger partial charge in [-0.05, 0) is 38.5 Å². The maximum absolute atomic E-state index is 15.3. The number of amides is 2. The average Bonchev–Trinajstić information content (AvgIpc) is 3.34. The minimum absolute atomic E-state index is 0.00631. The van der Waals surface area contributed by atoms with Crippen molar-refractivity contribution in [2.75, 3.05) is 17.8 Å². The van der Waals surface area contributed by atoms with E-state index in [4.69, 9.17) is 4.74 Å². The summed E-state index contributed by atoms with van der Waals surface area (Å²) in [5.41, 5.74) is -0.431. The number of thioether (sulfide) groups is 1. The molecule has 2 aromatic carbocycles. The number of alkyl carbamates (subject to hydrolysis) is 1. The maximum Gasteiger partial charge on any atom is 0.458 e. The SMILES string of the molecule is COC(F)(c1nc(-c2cc3c(cc2F)SC[C@H](NC(=O)OC(C)(C)C)C(=O)N3Cc2ccccc2)no1)C(F)(F)F. The van der Waals surface area contributed by atoms with Crippen LogP contribution >= 0.6 is 11.8 Å². The lowest BCUT2D eigenvalue weighted by Gasteiger charge is -2.27. The number of hydrogen-bond donors (Lipinski definition) is 1. The van der Waals surface area contributed by atoms with Crippen molar-refractivity contribution in [3.05, 3.63) is 59.7 Å². The van der Waals surface area contributed by atoms with E-state index in [2.05, 4.69) is 24.7 Å². The zero-order valence-corrected chi connectivity index (χ0v) is 23.0. The highest BCUT2D eigenvalue weighted by Crippen LogP contribution is 2.44. The first-order valence-electron chi connectivity index (χ1n) is 12.1. The summed E-state index contributed by atoms with van der Waals surface area (Å²) >= 11 is 1.06. The molecule has 2 heterocycles. The molecule has 9 nitrogen and oxygen atoms in total. The van der Waals surface area contributed by atoms with Gasteiger partial charge in [0.25, 0.3) is 5.91 Å². The standard InChI is InChI=1S/C26H25F5N4O5S/c1-24(2,3)39-23(37)32-17-13-41-19-11-16(27)15(20-33-22(40-34-20)25(28,38-4)26(29,30)31)10-18(19)35(21(17)36)12-14-8-6-5-7-9-14/h5-11,17H,12-13H2,1-4H3,(H,32,37)/t17-,25?/m0/s1. The Hall–Kier alpha value is -3.72. The van der Waals surface area contributed by atoms with Crippen LogP contribution in [-0.2, 0) is 26.7 Å². The van der Waals surface area contributed by atoms with Crippen molar-refractivity contribution in [1.29, 1.82) is 0 Å². The highest BCUT2D eigenvalue weighted by atomic mass is 32.2. The van der Waals surface area contributed by atoms with Crippen LogP contribution in [0.2, 0.25) is 0 Å². The van der Waals surface area contributed by atoms with Crippen molar-refractivity contribution >= 4 is 29.4 Å². The summed E-state index contributed by atoms with van der Waals surface area (Å²) in [7, 11) is 0.465. The second kappa shape index (κ2) is 11.3. The lowest BCUT2D eigenvalue weighted by Crippen LogP contribution is -2.50. The molecule has 15 heteroatoms. The minimum Gasteiger partial charge on any atom is -0.444 e. The molecule has 3 aromatic rings. The number of anilines is 1. The summed E-state index contributed by atoms with van der Waals surface area (Å²) in [6.07, 6.45) is -6.39. The van der Waals surface area contributed by atoms with E-state index in [1.165, 1.54) is 4.90 Å². The number of hydrogen-bond acceptors (Lipinski definition) is 8. The number of methoxy groups -OCH3 is 1. The van der Waals surface area contributed by atoms with Gasteiger partial charge in [-0.15, -0.1) is 11.8 Å². The topological polar surface area (TPSA) is 107 Å². The fourth-order valence-electron chi connectivity index (χ4n) is 3.86. The number of alkyl halides is 4. The van der Waals surface area contributed by atoms with Crippen molar-refractivity contribution in [2.45, 2.75) is 55.9 Å². The number of nitrogens with one attached hydrogen (secondary N) is 1. The van der Waals surface area contributed by atoms with Crippen LogP contribution in [0.3, 0.4) is 0 Å². The lowest BCUT2D eigenvalue weighted by atomic mass is 10.1. The van der Waals surface area contributed by atoms with Crippen LogP contribution in [0, 0.1) is 5.82 Å². The monoisotopic (exact) mass is 600 g/mol. The number of carbonyl (C=O) groups is 2. The van der Waals surface area contributed by atoms with Crippen molar-refractivity contribution in [2.24, 2.45) is 0 Å². The molecular formula is C26H25F5N4O5S. The number of benzene rings is 2. The van der Waals surface area contributed by atoms with Gasteiger partial charge < -0.3 is 24.2 Å². The second-order valence-electron chi connectivity index (χ2n) is 9.94. The van der Waals surface area contributed by atoms with E-state index in [-0.39, 0.29) is 18.0 Å².